The predicted molar refractivity (Wildman–Crippen MR) is 108 cm³/mol. The van der Waals surface area contributed by atoms with Crippen LogP contribution >= 0.6 is 0 Å². The van der Waals surface area contributed by atoms with Gasteiger partial charge in [0.15, 0.2) is 0 Å². The molecular formula is C19H35N5O5. The van der Waals surface area contributed by atoms with Gasteiger partial charge in [-0.05, 0) is 45.1 Å². The molecule has 0 radical (unpaired) electrons. The summed E-state index contributed by atoms with van der Waals surface area (Å²) in [5, 5.41) is 14.2. The van der Waals surface area contributed by atoms with E-state index in [1.807, 2.05) is 0 Å². The lowest BCUT2D eigenvalue weighted by atomic mass is 10.0. The highest BCUT2D eigenvalue weighted by Gasteiger charge is 2.37. The van der Waals surface area contributed by atoms with Gasteiger partial charge in [-0.25, -0.2) is 4.79 Å². The molecule has 166 valence electrons. The summed E-state index contributed by atoms with van der Waals surface area (Å²) in [6.45, 7) is 5.82. The van der Waals surface area contributed by atoms with Crippen molar-refractivity contribution in [1.82, 2.24) is 15.5 Å². The van der Waals surface area contributed by atoms with E-state index >= 15 is 0 Å². The van der Waals surface area contributed by atoms with E-state index in [0.717, 1.165) is 12.8 Å². The van der Waals surface area contributed by atoms with Crippen LogP contribution in [-0.2, 0) is 19.2 Å². The van der Waals surface area contributed by atoms with Crippen LogP contribution in [0.25, 0.3) is 0 Å². The van der Waals surface area contributed by atoms with E-state index in [-0.39, 0.29) is 11.8 Å². The van der Waals surface area contributed by atoms with Crippen LogP contribution in [0.2, 0.25) is 0 Å². The zero-order valence-corrected chi connectivity index (χ0v) is 17.5. The van der Waals surface area contributed by atoms with Crippen molar-refractivity contribution < 1.29 is 24.3 Å². The summed E-state index contributed by atoms with van der Waals surface area (Å²) >= 11 is 0. The fraction of sp³-hybridized carbons (Fsp3) is 0.789. The Hall–Kier alpha value is -2.20. The molecule has 0 aromatic carbocycles. The largest absolute Gasteiger partial charge is 0.480 e. The molecule has 0 aliphatic carbocycles. The van der Waals surface area contributed by atoms with E-state index < -0.39 is 42.0 Å². The van der Waals surface area contributed by atoms with Gasteiger partial charge in [0.2, 0.25) is 17.7 Å². The Labute approximate surface area is 171 Å². The van der Waals surface area contributed by atoms with Crippen molar-refractivity contribution in [1.29, 1.82) is 0 Å². The second-order valence-electron chi connectivity index (χ2n) is 7.88. The lowest BCUT2D eigenvalue weighted by molar-refractivity contribution is -0.144. The third kappa shape index (κ3) is 7.28. The summed E-state index contributed by atoms with van der Waals surface area (Å²) in [5.41, 5.74) is 11.4. The van der Waals surface area contributed by atoms with Gasteiger partial charge >= 0.3 is 5.97 Å². The lowest BCUT2D eigenvalue weighted by Gasteiger charge is -2.28. The summed E-state index contributed by atoms with van der Waals surface area (Å²) in [5.74, 6) is -2.74. The van der Waals surface area contributed by atoms with E-state index in [1.165, 1.54) is 11.8 Å². The van der Waals surface area contributed by atoms with Crippen LogP contribution in [0.15, 0.2) is 0 Å². The fourth-order valence-electron chi connectivity index (χ4n) is 3.32. The number of nitrogens with two attached hydrogens (primary N) is 2. The molecule has 0 bridgehead atoms. The van der Waals surface area contributed by atoms with Gasteiger partial charge in [-0.2, -0.15) is 0 Å². The highest BCUT2D eigenvalue weighted by molar-refractivity contribution is 5.94. The predicted octanol–water partition coefficient (Wildman–Crippen LogP) is -0.836. The molecule has 1 aliphatic heterocycles. The molecule has 0 saturated carbocycles. The Bertz CT molecular complexity index is 598. The number of carbonyl (C=O) groups is 4. The number of carboxylic acid groups (broad SMARTS) is 1. The van der Waals surface area contributed by atoms with Crippen molar-refractivity contribution in [2.45, 2.75) is 77.0 Å². The number of unbranched alkanes of at least 4 members (excludes halogenated alkanes) is 1. The number of likely N-dealkylation sites (tertiary alicyclic amines) is 1. The SMILES string of the molecule is CC(NC(=O)C1CCCN1C(=O)C(N)CCCCN)C(=O)NC(C(=O)O)C(C)C. The molecule has 10 heteroatoms. The van der Waals surface area contributed by atoms with Crippen LogP contribution < -0.4 is 22.1 Å². The minimum absolute atomic E-state index is 0.275. The zero-order chi connectivity index (χ0) is 22.1. The monoisotopic (exact) mass is 413 g/mol. The van der Waals surface area contributed by atoms with Crippen LogP contribution in [0.5, 0.6) is 0 Å². The first kappa shape index (κ1) is 24.8. The highest BCUT2D eigenvalue weighted by atomic mass is 16.4. The molecule has 1 fully saturated rings. The summed E-state index contributed by atoms with van der Waals surface area (Å²) in [4.78, 5) is 50.3. The first-order valence-electron chi connectivity index (χ1n) is 10.2. The maximum absolute atomic E-state index is 12.7. The maximum atomic E-state index is 12.7. The number of hydrogen-bond acceptors (Lipinski definition) is 6. The first-order chi connectivity index (χ1) is 13.6. The second kappa shape index (κ2) is 11.7. The Morgan fingerprint density at radius 3 is 2.34 bits per heavy atom. The van der Waals surface area contributed by atoms with Crippen molar-refractivity contribution >= 4 is 23.7 Å². The van der Waals surface area contributed by atoms with Crippen LogP contribution in [0.1, 0.15) is 52.9 Å². The molecule has 3 amide bonds. The minimum Gasteiger partial charge on any atom is -0.480 e. The normalized spacial score (nSPS) is 19.5. The van der Waals surface area contributed by atoms with Crippen molar-refractivity contribution in [2.75, 3.05) is 13.1 Å². The molecule has 1 heterocycles. The molecule has 10 nitrogen and oxygen atoms in total. The lowest BCUT2D eigenvalue weighted by Crippen LogP contribution is -2.56. The van der Waals surface area contributed by atoms with Gasteiger partial charge in [0.25, 0.3) is 0 Å². The Morgan fingerprint density at radius 2 is 1.79 bits per heavy atom. The molecule has 0 aromatic rings. The second-order valence-corrected chi connectivity index (χ2v) is 7.88. The highest BCUT2D eigenvalue weighted by Crippen LogP contribution is 2.19. The number of nitrogens with one attached hydrogen (secondary N) is 2. The Kier molecular flexibility index (Phi) is 10.0. The van der Waals surface area contributed by atoms with Gasteiger partial charge in [-0.1, -0.05) is 20.3 Å². The number of carbonyl (C=O) groups excluding carboxylic acids is 3. The number of rotatable bonds is 11. The molecule has 1 saturated heterocycles. The van der Waals surface area contributed by atoms with Crippen LogP contribution in [0.4, 0.5) is 0 Å². The standard InChI is InChI=1S/C19H35N5O5/c1-11(2)15(19(28)29)23-16(25)12(3)22-17(26)14-8-6-10-24(14)18(27)13(21)7-4-5-9-20/h11-15H,4-10,20-21H2,1-3H3,(H,22,26)(H,23,25)(H,28,29). The first-order valence-corrected chi connectivity index (χ1v) is 10.2. The van der Waals surface area contributed by atoms with Crippen molar-refractivity contribution in [3.8, 4) is 0 Å². The molecule has 7 N–H and O–H groups in total. The molecule has 0 aromatic heterocycles. The van der Waals surface area contributed by atoms with Gasteiger partial charge in [0.05, 0.1) is 6.04 Å². The van der Waals surface area contributed by atoms with Crippen LogP contribution in [-0.4, -0.2) is 71.0 Å². The maximum Gasteiger partial charge on any atom is 0.326 e. The number of nitrogens with zero attached hydrogens (tertiary/aromatic N) is 1. The quantitative estimate of drug-likeness (QED) is 0.275. The topological polar surface area (TPSA) is 168 Å². The summed E-state index contributed by atoms with van der Waals surface area (Å²) in [6, 6.07) is -3.34. The Balaban J connectivity index is 2.66. The van der Waals surface area contributed by atoms with Gasteiger partial charge in [-0.3, -0.25) is 14.4 Å². The van der Waals surface area contributed by atoms with Gasteiger partial charge < -0.3 is 32.1 Å². The van der Waals surface area contributed by atoms with Crippen molar-refractivity contribution in [3.63, 3.8) is 0 Å². The van der Waals surface area contributed by atoms with E-state index in [1.54, 1.807) is 13.8 Å². The van der Waals surface area contributed by atoms with Crippen LogP contribution in [0.3, 0.4) is 0 Å². The third-order valence-electron chi connectivity index (χ3n) is 5.11. The Morgan fingerprint density at radius 1 is 1.14 bits per heavy atom. The van der Waals surface area contributed by atoms with Crippen LogP contribution in [0, 0.1) is 5.92 Å². The van der Waals surface area contributed by atoms with Gasteiger partial charge in [0.1, 0.15) is 18.1 Å². The van der Waals surface area contributed by atoms with Gasteiger partial charge in [0, 0.05) is 6.54 Å². The number of carboxylic acids is 1. The van der Waals surface area contributed by atoms with Gasteiger partial charge in [-0.15, -0.1) is 0 Å². The average molecular weight is 414 g/mol. The smallest absolute Gasteiger partial charge is 0.326 e. The molecular weight excluding hydrogens is 378 g/mol. The number of hydrogen-bond donors (Lipinski definition) is 5. The summed E-state index contributed by atoms with van der Waals surface area (Å²) in [7, 11) is 0. The minimum atomic E-state index is -1.14. The van der Waals surface area contributed by atoms with Crippen molar-refractivity contribution in [3.05, 3.63) is 0 Å². The number of aliphatic carboxylic acids is 1. The summed E-state index contributed by atoms with van der Waals surface area (Å²) < 4.78 is 0. The molecule has 29 heavy (non-hydrogen) atoms. The molecule has 4 unspecified atom stereocenters. The fourth-order valence-corrected chi connectivity index (χ4v) is 3.32. The van der Waals surface area contributed by atoms with E-state index in [4.69, 9.17) is 11.5 Å². The third-order valence-corrected chi connectivity index (χ3v) is 5.11. The van der Waals surface area contributed by atoms with Crippen molar-refractivity contribution in [2.24, 2.45) is 17.4 Å². The van der Waals surface area contributed by atoms with E-state index in [2.05, 4.69) is 10.6 Å². The molecule has 0 spiro atoms. The summed E-state index contributed by atoms with van der Waals surface area (Å²) in [6.07, 6.45) is 3.20. The zero-order valence-electron chi connectivity index (χ0n) is 17.5. The molecule has 4 atom stereocenters. The van der Waals surface area contributed by atoms with E-state index in [9.17, 15) is 24.3 Å². The molecule has 1 aliphatic rings. The number of amides is 3. The van der Waals surface area contributed by atoms with E-state index in [0.29, 0.717) is 32.4 Å². The average Bonchev–Trinajstić information content (AvgIpc) is 3.14. The molecule has 1 rings (SSSR count).